The first-order chi connectivity index (χ1) is 25.0. The first-order valence-electron chi connectivity index (χ1n) is 21.8. The molecule has 0 aliphatic carbocycles. The molecule has 0 radical (unpaired) electrons. The fourth-order valence-corrected chi connectivity index (χ4v) is 6.21. The lowest BCUT2D eigenvalue weighted by atomic mass is 10.1. The lowest BCUT2D eigenvalue weighted by Crippen LogP contribution is -2.45. The van der Waals surface area contributed by atoms with E-state index in [0.29, 0.717) is 19.4 Å². The van der Waals surface area contributed by atoms with E-state index in [9.17, 15) is 19.8 Å². The van der Waals surface area contributed by atoms with Gasteiger partial charge in [0.25, 0.3) is 0 Å². The van der Waals surface area contributed by atoms with Crippen molar-refractivity contribution in [3.05, 3.63) is 36.5 Å². The lowest BCUT2D eigenvalue weighted by Gasteiger charge is -2.20. The van der Waals surface area contributed by atoms with Crippen molar-refractivity contribution in [3.8, 4) is 0 Å². The van der Waals surface area contributed by atoms with Gasteiger partial charge in [-0.25, -0.2) is 0 Å². The van der Waals surface area contributed by atoms with E-state index in [-0.39, 0.29) is 18.5 Å². The molecule has 0 spiro atoms. The minimum atomic E-state index is -0.865. The van der Waals surface area contributed by atoms with Gasteiger partial charge in [0.05, 0.1) is 25.4 Å². The Morgan fingerprint density at radius 1 is 0.529 bits per heavy atom. The number of carbonyl (C=O) groups excluding carboxylic acids is 2. The second-order valence-corrected chi connectivity index (χ2v) is 14.7. The molecular weight excluding hydrogens is 634 g/mol. The van der Waals surface area contributed by atoms with Crippen LogP contribution in [0, 0.1) is 0 Å². The molecule has 0 aromatic carbocycles. The molecule has 298 valence electrons. The van der Waals surface area contributed by atoms with Crippen LogP contribution in [0.25, 0.3) is 0 Å². The largest absolute Gasteiger partial charge is 0.466 e. The highest BCUT2D eigenvalue weighted by atomic mass is 16.5. The molecule has 0 aliphatic rings. The van der Waals surface area contributed by atoms with E-state index in [2.05, 4.69) is 43.5 Å². The third-order valence-corrected chi connectivity index (χ3v) is 9.63. The third kappa shape index (κ3) is 37.6. The molecule has 0 bridgehead atoms. The summed E-state index contributed by atoms with van der Waals surface area (Å²) in [5.41, 5.74) is 0. The number of ether oxygens (including phenoxy) is 1. The molecule has 2 unspecified atom stereocenters. The Kier molecular flexibility index (Phi) is 39.3. The van der Waals surface area contributed by atoms with Crippen molar-refractivity contribution in [2.45, 2.75) is 225 Å². The molecule has 3 N–H and O–H groups in total. The second kappa shape index (κ2) is 40.8. The maximum atomic E-state index is 12.3. The van der Waals surface area contributed by atoms with E-state index in [1.165, 1.54) is 109 Å². The summed E-state index contributed by atoms with van der Waals surface area (Å²) in [6.07, 6.45) is 47.0. The van der Waals surface area contributed by atoms with Crippen molar-refractivity contribution in [2.24, 2.45) is 0 Å². The average Bonchev–Trinajstić information content (AvgIpc) is 3.13. The Labute approximate surface area is 315 Å². The van der Waals surface area contributed by atoms with E-state index in [0.717, 1.165) is 77.0 Å². The van der Waals surface area contributed by atoms with Crippen LogP contribution in [0.15, 0.2) is 36.5 Å². The van der Waals surface area contributed by atoms with Crippen molar-refractivity contribution in [1.29, 1.82) is 0 Å². The highest BCUT2D eigenvalue weighted by Crippen LogP contribution is 2.13. The fraction of sp³-hybridized carbons (Fsp3) is 0.822. The summed E-state index contributed by atoms with van der Waals surface area (Å²) in [5.74, 6) is -0.157. The van der Waals surface area contributed by atoms with Gasteiger partial charge in [0.15, 0.2) is 0 Å². The summed E-state index contributed by atoms with van der Waals surface area (Å²) >= 11 is 0. The van der Waals surface area contributed by atoms with Gasteiger partial charge in [-0.2, -0.15) is 0 Å². The monoisotopic (exact) mass is 718 g/mol. The van der Waals surface area contributed by atoms with Gasteiger partial charge in [-0.1, -0.05) is 153 Å². The summed E-state index contributed by atoms with van der Waals surface area (Å²) in [7, 11) is 0. The van der Waals surface area contributed by atoms with E-state index < -0.39 is 12.1 Å². The van der Waals surface area contributed by atoms with Crippen molar-refractivity contribution in [2.75, 3.05) is 13.2 Å². The third-order valence-electron chi connectivity index (χ3n) is 9.63. The standard InChI is InChI=1S/C45H83NO5/c1-3-5-7-9-11-13-15-17-21-25-29-33-37-43(48)42(41-47)46-44(49)38-34-30-26-22-19-20-24-28-32-36-40-51-45(50)39-35-31-27-23-18-16-14-12-10-8-6-4-2/h12,14,20,24,33,37,42-43,47-48H,3-11,13,15-19,21-23,25-32,34-36,38-41H2,1-2H3,(H,46,49)/b14-12-,24-20-,37-33+. The quantitative estimate of drug-likeness (QED) is 0.0334. The van der Waals surface area contributed by atoms with Crippen LogP contribution in [0.1, 0.15) is 213 Å². The van der Waals surface area contributed by atoms with E-state index in [1.54, 1.807) is 6.08 Å². The Hall–Kier alpha value is -1.92. The van der Waals surface area contributed by atoms with E-state index in [1.807, 2.05) is 6.08 Å². The van der Waals surface area contributed by atoms with Crippen LogP contribution >= 0.6 is 0 Å². The van der Waals surface area contributed by atoms with Crippen molar-refractivity contribution < 1.29 is 24.5 Å². The zero-order valence-electron chi connectivity index (χ0n) is 33.6. The number of carbonyl (C=O) groups is 2. The molecule has 1 amide bonds. The Morgan fingerprint density at radius 3 is 1.43 bits per heavy atom. The average molecular weight is 718 g/mol. The highest BCUT2D eigenvalue weighted by molar-refractivity contribution is 5.76. The molecule has 0 aromatic rings. The van der Waals surface area contributed by atoms with Gasteiger partial charge in [0.1, 0.15) is 0 Å². The lowest BCUT2D eigenvalue weighted by molar-refractivity contribution is -0.143. The maximum Gasteiger partial charge on any atom is 0.305 e. The second-order valence-electron chi connectivity index (χ2n) is 14.7. The van der Waals surface area contributed by atoms with Gasteiger partial charge in [-0.15, -0.1) is 0 Å². The molecule has 0 aliphatic heterocycles. The summed E-state index contributed by atoms with van der Waals surface area (Å²) in [5, 5.41) is 22.9. The van der Waals surface area contributed by atoms with Crippen molar-refractivity contribution in [3.63, 3.8) is 0 Å². The minimum absolute atomic E-state index is 0.0500. The first-order valence-corrected chi connectivity index (χ1v) is 21.8. The number of aliphatic hydroxyl groups is 2. The molecular formula is C45H83NO5. The van der Waals surface area contributed by atoms with Crippen LogP contribution in [-0.2, 0) is 14.3 Å². The van der Waals surface area contributed by atoms with Crippen molar-refractivity contribution in [1.82, 2.24) is 5.32 Å². The Morgan fingerprint density at radius 2 is 0.922 bits per heavy atom. The molecule has 0 aromatic heterocycles. The van der Waals surface area contributed by atoms with Crippen LogP contribution < -0.4 is 5.32 Å². The van der Waals surface area contributed by atoms with Crippen LogP contribution in [0.5, 0.6) is 0 Å². The molecule has 0 saturated heterocycles. The Bertz CT molecular complexity index is 838. The molecule has 6 heteroatoms. The van der Waals surface area contributed by atoms with Crippen LogP contribution in [0.2, 0.25) is 0 Å². The highest BCUT2D eigenvalue weighted by Gasteiger charge is 2.17. The zero-order chi connectivity index (χ0) is 37.3. The molecule has 51 heavy (non-hydrogen) atoms. The summed E-state index contributed by atoms with van der Waals surface area (Å²) in [6, 6.07) is -0.652. The predicted molar refractivity (Wildman–Crippen MR) is 218 cm³/mol. The molecule has 0 heterocycles. The molecule has 2 atom stereocenters. The van der Waals surface area contributed by atoms with E-state index in [4.69, 9.17) is 4.74 Å². The number of hydrogen-bond acceptors (Lipinski definition) is 5. The van der Waals surface area contributed by atoms with Gasteiger partial charge in [0.2, 0.25) is 5.91 Å². The normalized spacial score (nSPS) is 13.1. The van der Waals surface area contributed by atoms with Gasteiger partial charge in [-0.3, -0.25) is 9.59 Å². The van der Waals surface area contributed by atoms with Crippen LogP contribution in [0.4, 0.5) is 0 Å². The molecule has 0 rings (SSSR count). The number of hydrogen-bond donors (Lipinski definition) is 3. The number of amides is 1. The van der Waals surface area contributed by atoms with Crippen LogP contribution in [0.3, 0.4) is 0 Å². The van der Waals surface area contributed by atoms with Crippen LogP contribution in [-0.4, -0.2) is 47.4 Å². The van der Waals surface area contributed by atoms with Crippen molar-refractivity contribution >= 4 is 11.9 Å². The number of rotatable bonds is 39. The maximum absolute atomic E-state index is 12.3. The number of nitrogens with one attached hydrogen (secondary N) is 1. The predicted octanol–water partition coefficient (Wildman–Crippen LogP) is 12.2. The SMILES string of the molecule is CCCCC/C=C\CCCCCCCC(=O)OCCCC/C=C\CCCCCCC(=O)NC(CO)C(O)/C=C/CCCCCCCCCCCC. The topological polar surface area (TPSA) is 95.9 Å². The van der Waals surface area contributed by atoms with Gasteiger partial charge < -0.3 is 20.3 Å². The molecule has 0 fully saturated rings. The Balaban J connectivity index is 3.61. The van der Waals surface area contributed by atoms with Gasteiger partial charge in [-0.05, 0) is 83.5 Å². The summed E-state index contributed by atoms with van der Waals surface area (Å²) in [6.45, 7) is 4.75. The smallest absolute Gasteiger partial charge is 0.305 e. The summed E-state index contributed by atoms with van der Waals surface area (Å²) in [4.78, 5) is 24.3. The minimum Gasteiger partial charge on any atom is -0.466 e. The first kappa shape index (κ1) is 49.1. The summed E-state index contributed by atoms with van der Waals surface area (Å²) < 4.78 is 5.40. The molecule has 6 nitrogen and oxygen atoms in total. The zero-order valence-corrected chi connectivity index (χ0v) is 33.6. The number of aliphatic hydroxyl groups excluding tert-OH is 2. The number of allylic oxidation sites excluding steroid dienone is 5. The van der Waals surface area contributed by atoms with Gasteiger partial charge >= 0.3 is 5.97 Å². The fourth-order valence-electron chi connectivity index (χ4n) is 6.21. The number of unbranched alkanes of at least 4 members (excludes halogenated alkanes) is 24. The van der Waals surface area contributed by atoms with Gasteiger partial charge in [0, 0.05) is 12.8 Å². The molecule has 0 saturated carbocycles. The number of esters is 1. The van der Waals surface area contributed by atoms with E-state index >= 15 is 0 Å².